The van der Waals surface area contributed by atoms with Crippen LogP contribution in [0.3, 0.4) is 0 Å². The topological polar surface area (TPSA) is 26.3 Å². The number of thioether (sulfide) groups is 1. The van der Waals surface area contributed by atoms with Crippen LogP contribution in [0.1, 0.15) is 6.92 Å². The van der Waals surface area contributed by atoms with Crippen molar-refractivity contribution in [3.63, 3.8) is 0 Å². The predicted octanol–water partition coefficient (Wildman–Crippen LogP) is 2.09. The van der Waals surface area contributed by atoms with Crippen LogP contribution in [0.25, 0.3) is 0 Å². The molecule has 0 radical (unpaired) electrons. The summed E-state index contributed by atoms with van der Waals surface area (Å²) in [6.45, 7) is 2.05. The van der Waals surface area contributed by atoms with Crippen molar-refractivity contribution >= 4 is 45.4 Å². The van der Waals surface area contributed by atoms with E-state index in [1.165, 1.54) is 7.02 Å². The summed E-state index contributed by atoms with van der Waals surface area (Å²) in [6, 6.07) is 20.3. The van der Waals surface area contributed by atoms with E-state index in [1.54, 1.807) is 11.8 Å². The molecule has 0 saturated heterocycles. The van der Waals surface area contributed by atoms with Crippen molar-refractivity contribution in [3.8, 4) is 0 Å². The van der Waals surface area contributed by atoms with Crippen molar-refractivity contribution in [1.82, 2.24) is 0 Å². The van der Waals surface area contributed by atoms with E-state index in [9.17, 15) is 4.79 Å². The zero-order chi connectivity index (χ0) is 14.2. The van der Waals surface area contributed by atoms with Crippen molar-refractivity contribution in [2.45, 2.75) is 6.92 Å². The molecule has 0 bridgehead atoms. The number of hydrogen-bond acceptors (Lipinski definition) is 3. The van der Waals surface area contributed by atoms with Gasteiger partial charge in [-0.1, -0.05) is 0 Å². The fraction of sp³-hybridized carbons (Fsp3) is 0.188. The number of benzene rings is 2. The summed E-state index contributed by atoms with van der Waals surface area (Å²) in [6.07, 6.45) is 0. The molecule has 0 fully saturated rings. The van der Waals surface area contributed by atoms with Gasteiger partial charge in [0.25, 0.3) is 0 Å². The van der Waals surface area contributed by atoms with E-state index < -0.39 is 20.6 Å². The van der Waals surface area contributed by atoms with E-state index in [4.69, 9.17) is 3.02 Å². The van der Waals surface area contributed by atoms with E-state index in [1.807, 2.05) is 43.3 Å². The summed E-state index contributed by atoms with van der Waals surface area (Å²) < 4.78 is 8.20. The summed E-state index contributed by atoms with van der Waals surface area (Å²) in [7, 11) is 0. The van der Waals surface area contributed by atoms with Crippen LogP contribution >= 0.6 is 11.8 Å². The molecule has 0 unspecified atom stereocenters. The zero-order valence-corrected chi connectivity index (χ0v) is 14.7. The van der Waals surface area contributed by atoms with Crippen molar-refractivity contribution in [2.24, 2.45) is 0 Å². The number of hydrogen-bond donors (Lipinski definition) is 0. The third-order valence-corrected chi connectivity index (χ3v) is 8.93. The molecule has 0 N–H and O–H groups in total. The van der Waals surface area contributed by atoms with Gasteiger partial charge in [0, 0.05) is 0 Å². The SMILES string of the molecule is CCSCC(=O)[O][Sb]([c]1ccccc1)[c]1ccccc1. The van der Waals surface area contributed by atoms with E-state index in [2.05, 4.69) is 24.3 Å². The molecule has 2 rings (SSSR count). The fourth-order valence-electron chi connectivity index (χ4n) is 1.69. The number of carbonyl (C=O) groups is 1. The maximum absolute atomic E-state index is 12.0. The first kappa shape index (κ1) is 15.5. The summed E-state index contributed by atoms with van der Waals surface area (Å²) in [5.74, 6) is 1.28. The molecule has 2 nitrogen and oxygen atoms in total. The first-order chi connectivity index (χ1) is 9.81. The zero-order valence-electron chi connectivity index (χ0n) is 11.4. The fourth-order valence-corrected chi connectivity index (χ4v) is 7.13. The second kappa shape index (κ2) is 8.38. The molecule has 0 saturated carbocycles. The van der Waals surface area contributed by atoms with Gasteiger partial charge in [-0.2, -0.15) is 0 Å². The van der Waals surface area contributed by atoms with Gasteiger partial charge < -0.3 is 0 Å². The van der Waals surface area contributed by atoms with Crippen LogP contribution in [0.4, 0.5) is 0 Å². The second-order valence-corrected chi connectivity index (χ2v) is 10.5. The number of rotatable bonds is 6. The monoisotopic (exact) mass is 394 g/mol. The Bertz CT molecular complexity index is 491. The second-order valence-electron chi connectivity index (χ2n) is 4.07. The quantitative estimate of drug-likeness (QED) is 0.701. The van der Waals surface area contributed by atoms with Crippen LogP contribution in [0.5, 0.6) is 0 Å². The van der Waals surface area contributed by atoms with Crippen molar-refractivity contribution in [2.75, 3.05) is 11.5 Å². The Hall–Kier alpha value is -0.922. The minimum atomic E-state index is -2.42. The van der Waals surface area contributed by atoms with E-state index in [-0.39, 0.29) is 5.97 Å². The van der Waals surface area contributed by atoms with Gasteiger partial charge in [0.1, 0.15) is 0 Å². The average molecular weight is 395 g/mol. The molecule has 0 atom stereocenters. The Morgan fingerprint density at radius 1 is 1.00 bits per heavy atom. The van der Waals surface area contributed by atoms with Gasteiger partial charge in [-0.05, 0) is 0 Å². The van der Waals surface area contributed by atoms with Gasteiger partial charge >= 0.3 is 132 Å². The molecule has 2 aromatic carbocycles. The minimum absolute atomic E-state index is 0.0902. The predicted molar refractivity (Wildman–Crippen MR) is 87.0 cm³/mol. The van der Waals surface area contributed by atoms with Gasteiger partial charge in [0.2, 0.25) is 0 Å². The molecule has 2 aromatic rings. The van der Waals surface area contributed by atoms with E-state index >= 15 is 0 Å². The van der Waals surface area contributed by atoms with E-state index in [0.717, 1.165) is 5.75 Å². The molecule has 20 heavy (non-hydrogen) atoms. The normalized spacial score (nSPS) is 10.5. The van der Waals surface area contributed by atoms with Gasteiger partial charge in [0.05, 0.1) is 0 Å². The molecule has 0 aromatic heterocycles. The third-order valence-electron chi connectivity index (χ3n) is 2.60. The molecule has 0 spiro atoms. The summed E-state index contributed by atoms with van der Waals surface area (Å²) in [5.41, 5.74) is 0. The van der Waals surface area contributed by atoms with Gasteiger partial charge in [-0.15, -0.1) is 0 Å². The van der Waals surface area contributed by atoms with Crippen LogP contribution < -0.4 is 7.02 Å². The summed E-state index contributed by atoms with van der Waals surface area (Å²) in [4.78, 5) is 12.0. The Labute approximate surface area is 132 Å². The van der Waals surface area contributed by atoms with Crippen molar-refractivity contribution in [1.29, 1.82) is 0 Å². The molecule has 0 amide bonds. The van der Waals surface area contributed by atoms with Gasteiger partial charge in [0.15, 0.2) is 0 Å². The Kier molecular flexibility index (Phi) is 6.48. The van der Waals surface area contributed by atoms with Gasteiger partial charge in [-0.3, -0.25) is 0 Å². The standard InChI is InChI=1S/2C6H5.C4H8O2S.Sb/c2*1-2-4-6-5-3-1;1-2-7-3-4(5)6;/h2*1-5H;2-3H2,1H3,(H,5,6);/q;;;+1/p-1. The number of carbonyl (C=O) groups excluding carboxylic acids is 1. The van der Waals surface area contributed by atoms with Crippen LogP contribution in [0, 0.1) is 0 Å². The van der Waals surface area contributed by atoms with Gasteiger partial charge in [-0.25, -0.2) is 0 Å². The third kappa shape index (κ3) is 4.57. The Morgan fingerprint density at radius 3 is 1.95 bits per heavy atom. The first-order valence-electron chi connectivity index (χ1n) is 6.50. The molecule has 4 heteroatoms. The van der Waals surface area contributed by atoms with Crippen LogP contribution in [-0.4, -0.2) is 38.1 Å². The molecule has 104 valence electrons. The average Bonchev–Trinajstić information content (AvgIpc) is 2.52. The Balaban J connectivity index is 2.19. The van der Waals surface area contributed by atoms with E-state index in [0.29, 0.717) is 5.75 Å². The van der Waals surface area contributed by atoms with Crippen LogP contribution in [0.2, 0.25) is 0 Å². The molecule has 0 aliphatic carbocycles. The molecule has 0 aliphatic heterocycles. The molecule has 0 aliphatic rings. The first-order valence-corrected chi connectivity index (χ1v) is 11.2. The summed E-state index contributed by atoms with van der Waals surface area (Å²) >= 11 is -0.817. The maximum atomic E-state index is 12.0. The van der Waals surface area contributed by atoms with Crippen molar-refractivity contribution in [3.05, 3.63) is 60.7 Å². The molecular weight excluding hydrogens is 378 g/mol. The Morgan fingerprint density at radius 2 is 1.50 bits per heavy atom. The molecular formula is C16H17O2SSb. The molecule has 0 heterocycles. The van der Waals surface area contributed by atoms with Crippen molar-refractivity contribution < 1.29 is 7.81 Å². The van der Waals surface area contributed by atoms with Crippen LogP contribution in [-0.2, 0) is 7.81 Å². The summed E-state index contributed by atoms with van der Waals surface area (Å²) in [5, 5.41) is 0. The van der Waals surface area contributed by atoms with Crippen LogP contribution in [0.15, 0.2) is 60.7 Å².